The van der Waals surface area contributed by atoms with Crippen molar-refractivity contribution in [2.75, 3.05) is 64.7 Å². The van der Waals surface area contributed by atoms with E-state index in [-0.39, 0.29) is 29.9 Å². The van der Waals surface area contributed by atoms with Crippen LogP contribution >= 0.6 is 24.0 Å². The van der Waals surface area contributed by atoms with E-state index in [2.05, 4.69) is 22.0 Å². The van der Waals surface area contributed by atoms with Crippen LogP contribution in [0.1, 0.15) is 25.3 Å². The molecule has 31 heavy (non-hydrogen) atoms. The molecule has 2 aliphatic rings. The zero-order chi connectivity index (χ0) is 21.2. The lowest BCUT2D eigenvalue weighted by Gasteiger charge is -2.36. The van der Waals surface area contributed by atoms with Gasteiger partial charge in [0.2, 0.25) is 5.91 Å². The van der Waals surface area contributed by atoms with E-state index >= 15 is 0 Å². The highest BCUT2D eigenvalue weighted by atomic mass is 127. The SMILES string of the molecule is CCNC(=NCCS(=O)Cc1ccccc1)N1CCN(CC(=O)N2CCCC2)CC1.I. The summed E-state index contributed by atoms with van der Waals surface area (Å²) in [5.41, 5.74) is 1.10. The molecule has 1 unspecified atom stereocenters. The van der Waals surface area contributed by atoms with Crippen LogP contribution in [-0.4, -0.2) is 95.4 Å². The monoisotopic (exact) mass is 561 g/mol. The molecule has 1 aromatic carbocycles. The van der Waals surface area contributed by atoms with Crippen molar-refractivity contribution in [1.29, 1.82) is 0 Å². The first kappa shape index (κ1) is 26.1. The van der Waals surface area contributed by atoms with E-state index in [1.54, 1.807) is 0 Å². The number of benzene rings is 1. The van der Waals surface area contributed by atoms with Gasteiger partial charge < -0.3 is 15.1 Å². The first-order chi connectivity index (χ1) is 14.7. The Balaban J connectivity index is 0.00000341. The first-order valence-electron chi connectivity index (χ1n) is 11.1. The topological polar surface area (TPSA) is 68.2 Å². The van der Waals surface area contributed by atoms with Crippen LogP contribution < -0.4 is 5.32 Å². The maximum atomic E-state index is 12.4. The molecule has 174 valence electrons. The van der Waals surface area contributed by atoms with Gasteiger partial charge in [-0.05, 0) is 25.3 Å². The van der Waals surface area contributed by atoms with Crippen LogP contribution in [0, 0.1) is 0 Å². The summed E-state index contributed by atoms with van der Waals surface area (Å²) in [5.74, 6) is 2.30. The number of nitrogens with zero attached hydrogens (tertiary/aromatic N) is 4. The Kier molecular flexibility index (Phi) is 11.8. The second kappa shape index (κ2) is 14.1. The van der Waals surface area contributed by atoms with Gasteiger partial charge in [0.25, 0.3) is 0 Å². The van der Waals surface area contributed by atoms with E-state index in [1.807, 2.05) is 35.2 Å². The summed E-state index contributed by atoms with van der Waals surface area (Å²) in [6.07, 6.45) is 2.27. The zero-order valence-corrected chi connectivity index (χ0v) is 21.6. The van der Waals surface area contributed by atoms with E-state index < -0.39 is 10.8 Å². The van der Waals surface area contributed by atoms with Crippen LogP contribution in [0.25, 0.3) is 0 Å². The van der Waals surface area contributed by atoms with E-state index in [9.17, 15) is 9.00 Å². The molecule has 9 heteroatoms. The molecule has 0 bridgehead atoms. The molecule has 1 aromatic rings. The highest BCUT2D eigenvalue weighted by Gasteiger charge is 2.24. The number of aliphatic imine (C=N–C) groups is 1. The predicted molar refractivity (Wildman–Crippen MR) is 138 cm³/mol. The summed E-state index contributed by atoms with van der Waals surface area (Å²) < 4.78 is 12.3. The molecule has 7 nitrogen and oxygen atoms in total. The van der Waals surface area contributed by atoms with Gasteiger partial charge in [0.05, 0.1) is 13.1 Å². The van der Waals surface area contributed by atoms with Crippen molar-refractivity contribution in [3.63, 3.8) is 0 Å². The van der Waals surface area contributed by atoms with Crippen LogP contribution in [0.2, 0.25) is 0 Å². The second-order valence-electron chi connectivity index (χ2n) is 7.86. The van der Waals surface area contributed by atoms with Gasteiger partial charge in [0.1, 0.15) is 0 Å². The summed E-state index contributed by atoms with van der Waals surface area (Å²) in [7, 11) is -0.914. The highest BCUT2D eigenvalue weighted by Crippen LogP contribution is 2.09. The molecule has 0 radical (unpaired) electrons. The van der Waals surface area contributed by atoms with E-state index in [4.69, 9.17) is 4.99 Å². The zero-order valence-electron chi connectivity index (χ0n) is 18.5. The number of rotatable bonds is 8. The lowest BCUT2D eigenvalue weighted by atomic mass is 10.2. The fourth-order valence-electron chi connectivity index (χ4n) is 3.89. The molecular formula is C22H36IN5O2S. The number of nitrogens with one attached hydrogen (secondary N) is 1. The molecule has 1 N–H and O–H groups in total. The molecule has 1 amide bonds. The number of hydrogen-bond donors (Lipinski definition) is 1. The third-order valence-electron chi connectivity index (χ3n) is 5.58. The highest BCUT2D eigenvalue weighted by molar-refractivity contribution is 14.0. The largest absolute Gasteiger partial charge is 0.357 e. The molecule has 2 saturated heterocycles. The summed E-state index contributed by atoms with van der Waals surface area (Å²) >= 11 is 0. The minimum absolute atomic E-state index is 0. The van der Waals surface area contributed by atoms with Crippen molar-refractivity contribution in [1.82, 2.24) is 20.0 Å². The van der Waals surface area contributed by atoms with Crippen LogP contribution in [0.4, 0.5) is 0 Å². The smallest absolute Gasteiger partial charge is 0.236 e. The Morgan fingerprint density at radius 1 is 1.03 bits per heavy atom. The van der Waals surface area contributed by atoms with Gasteiger partial charge in [-0.3, -0.25) is 18.9 Å². The van der Waals surface area contributed by atoms with Crippen molar-refractivity contribution in [3.05, 3.63) is 35.9 Å². The Morgan fingerprint density at radius 3 is 2.35 bits per heavy atom. The van der Waals surface area contributed by atoms with Crippen molar-refractivity contribution in [2.24, 2.45) is 4.99 Å². The van der Waals surface area contributed by atoms with E-state index in [0.717, 1.165) is 70.2 Å². The standard InChI is InChI=1S/C22H35N5O2S.HI/c1-2-23-22(24-10-17-30(29)19-20-8-4-3-5-9-20)27-15-13-25(14-16-27)18-21(28)26-11-6-7-12-26;/h3-5,8-9H,2,6-7,10-19H2,1H3,(H,23,24);1H. The van der Waals surface area contributed by atoms with Gasteiger partial charge in [-0.2, -0.15) is 0 Å². The summed E-state index contributed by atoms with van der Waals surface area (Å²) in [6, 6.07) is 9.96. The fraction of sp³-hybridized carbons (Fsp3) is 0.636. The molecule has 2 aliphatic heterocycles. The number of likely N-dealkylation sites (tertiary alicyclic amines) is 1. The van der Waals surface area contributed by atoms with Gasteiger partial charge in [-0.1, -0.05) is 30.3 Å². The predicted octanol–water partition coefficient (Wildman–Crippen LogP) is 1.76. The Labute approximate surface area is 206 Å². The number of halogens is 1. The third kappa shape index (κ3) is 8.69. The van der Waals surface area contributed by atoms with Crippen LogP contribution in [0.5, 0.6) is 0 Å². The van der Waals surface area contributed by atoms with Crippen LogP contribution in [-0.2, 0) is 21.3 Å². The van der Waals surface area contributed by atoms with E-state index in [1.165, 1.54) is 0 Å². The maximum Gasteiger partial charge on any atom is 0.236 e. The van der Waals surface area contributed by atoms with Crippen LogP contribution in [0.3, 0.4) is 0 Å². The molecule has 0 spiro atoms. The molecule has 1 atom stereocenters. The van der Waals surface area contributed by atoms with Crippen molar-refractivity contribution in [3.8, 4) is 0 Å². The van der Waals surface area contributed by atoms with Gasteiger partial charge in [-0.15, -0.1) is 24.0 Å². The summed E-state index contributed by atoms with van der Waals surface area (Å²) in [5, 5.41) is 3.36. The normalized spacial score (nSPS) is 18.5. The Hall–Kier alpha value is -1.20. The Bertz CT molecular complexity index is 720. The van der Waals surface area contributed by atoms with E-state index in [0.29, 0.717) is 24.6 Å². The van der Waals surface area contributed by atoms with Gasteiger partial charge in [0, 0.05) is 68.1 Å². The number of carbonyl (C=O) groups is 1. The number of piperazine rings is 1. The summed E-state index contributed by atoms with van der Waals surface area (Å²) in [6.45, 7) is 9.22. The Morgan fingerprint density at radius 2 is 1.71 bits per heavy atom. The minimum atomic E-state index is -0.914. The summed E-state index contributed by atoms with van der Waals surface area (Å²) in [4.78, 5) is 23.6. The lowest BCUT2D eigenvalue weighted by Crippen LogP contribution is -2.54. The lowest BCUT2D eigenvalue weighted by molar-refractivity contribution is -0.131. The first-order valence-corrected chi connectivity index (χ1v) is 12.6. The van der Waals surface area contributed by atoms with Gasteiger partial charge in [0.15, 0.2) is 5.96 Å². The second-order valence-corrected chi connectivity index (χ2v) is 9.44. The average Bonchev–Trinajstić information content (AvgIpc) is 3.30. The van der Waals surface area contributed by atoms with Crippen molar-refractivity contribution < 1.29 is 9.00 Å². The molecule has 0 aromatic heterocycles. The van der Waals surface area contributed by atoms with Gasteiger partial charge in [-0.25, -0.2) is 0 Å². The molecule has 2 heterocycles. The fourth-order valence-corrected chi connectivity index (χ4v) is 4.89. The number of hydrogen-bond acceptors (Lipinski definition) is 4. The van der Waals surface area contributed by atoms with Crippen molar-refractivity contribution in [2.45, 2.75) is 25.5 Å². The maximum absolute atomic E-state index is 12.4. The molecule has 3 rings (SSSR count). The quantitative estimate of drug-likeness (QED) is 0.298. The number of guanidine groups is 1. The molecule has 0 saturated carbocycles. The molecule has 0 aliphatic carbocycles. The number of amides is 1. The van der Waals surface area contributed by atoms with Gasteiger partial charge >= 0.3 is 0 Å². The number of carbonyl (C=O) groups excluding carboxylic acids is 1. The van der Waals surface area contributed by atoms with Crippen LogP contribution in [0.15, 0.2) is 35.3 Å². The van der Waals surface area contributed by atoms with Crippen molar-refractivity contribution >= 4 is 46.6 Å². The third-order valence-corrected chi connectivity index (χ3v) is 6.87. The average molecular weight is 562 g/mol. The molecular weight excluding hydrogens is 525 g/mol. The minimum Gasteiger partial charge on any atom is -0.357 e. The molecule has 2 fully saturated rings.